The molecule has 0 bridgehead atoms. The van der Waals surface area contributed by atoms with E-state index in [-0.39, 0.29) is 31.8 Å². The number of unbranched alkanes of at least 4 members (excludes halogenated alkanes) is 2. The van der Waals surface area contributed by atoms with Crippen LogP contribution < -0.4 is 9.79 Å². The van der Waals surface area contributed by atoms with Gasteiger partial charge in [0.2, 0.25) is 0 Å². The minimum atomic E-state index is -3.45. The van der Waals surface area contributed by atoms with Gasteiger partial charge in [-0.3, -0.25) is 0 Å². The van der Waals surface area contributed by atoms with Crippen molar-refractivity contribution in [3.05, 3.63) is 0 Å². The molecule has 0 amide bonds. The minimum absolute atomic E-state index is 0. The van der Waals surface area contributed by atoms with Crippen LogP contribution in [0.4, 0.5) is 0 Å². The largest absolute Gasteiger partial charge is 2.00 e. The first-order valence-corrected chi connectivity index (χ1v) is 10.6. The Kier molecular flexibility index (Phi) is 20.2. The zero-order chi connectivity index (χ0) is 16.1. The van der Waals surface area contributed by atoms with Crippen LogP contribution in [0.3, 0.4) is 0 Å². The van der Waals surface area contributed by atoms with Crippen molar-refractivity contribution in [1.82, 2.24) is 0 Å². The molecule has 0 aliphatic rings. The molecule has 0 saturated carbocycles. The van der Waals surface area contributed by atoms with Gasteiger partial charge >= 0.3 is 19.5 Å². The summed E-state index contributed by atoms with van der Waals surface area (Å²) in [6.45, 7) is 7.83. The van der Waals surface area contributed by atoms with Crippen molar-refractivity contribution in [2.75, 3.05) is 25.5 Å². The van der Waals surface area contributed by atoms with Crippen LogP contribution in [0.25, 0.3) is 0 Å². The fourth-order valence-electron chi connectivity index (χ4n) is 0.879. The smallest absolute Gasteiger partial charge is 0.779 e. The SMILES string of the molecule is CCCCOP(=O)([O-])CC.CCCCOP(=O)([O-])CC.[Zn+2]. The molecule has 0 aromatic rings. The molecule has 0 N–H and O–H groups in total. The molecular formula is C12H28O6P2Zn. The Balaban J connectivity index is -0.000000295. The summed E-state index contributed by atoms with van der Waals surface area (Å²) in [5, 5.41) is 0. The summed E-state index contributed by atoms with van der Waals surface area (Å²) >= 11 is 0. The average Bonchev–Trinajstić information content (AvgIpc) is 2.40. The molecule has 0 fully saturated rings. The van der Waals surface area contributed by atoms with E-state index < -0.39 is 15.2 Å². The van der Waals surface area contributed by atoms with Crippen LogP contribution in [-0.2, 0) is 37.7 Å². The van der Waals surface area contributed by atoms with Gasteiger partial charge in [0.05, 0.1) is 13.2 Å². The summed E-state index contributed by atoms with van der Waals surface area (Å²) in [7, 11) is -6.91. The monoisotopic (exact) mass is 394 g/mol. The molecule has 0 heterocycles. The molecule has 9 heteroatoms. The maximum Gasteiger partial charge on any atom is 2.00 e. The summed E-state index contributed by atoms with van der Waals surface area (Å²) in [5.41, 5.74) is 0. The van der Waals surface area contributed by atoms with Gasteiger partial charge in [0.1, 0.15) is 15.2 Å². The van der Waals surface area contributed by atoms with Crippen LogP contribution in [0.5, 0.6) is 0 Å². The first-order valence-electron chi connectivity index (χ1n) is 7.13. The van der Waals surface area contributed by atoms with Gasteiger partial charge in [-0.2, -0.15) is 0 Å². The van der Waals surface area contributed by atoms with Crippen LogP contribution in [0.2, 0.25) is 0 Å². The van der Waals surface area contributed by atoms with Gasteiger partial charge < -0.3 is 28.0 Å². The van der Waals surface area contributed by atoms with Crippen molar-refractivity contribution in [1.29, 1.82) is 0 Å². The Hall–Kier alpha value is 0.923. The zero-order valence-electron chi connectivity index (χ0n) is 13.7. The van der Waals surface area contributed by atoms with Crippen molar-refractivity contribution < 1.29 is 47.4 Å². The van der Waals surface area contributed by atoms with Gasteiger partial charge in [0.25, 0.3) is 0 Å². The third-order valence-electron chi connectivity index (χ3n) is 2.35. The number of hydrogen-bond acceptors (Lipinski definition) is 6. The van der Waals surface area contributed by atoms with E-state index in [9.17, 15) is 18.9 Å². The predicted molar refractivity (Wildman–Crippen MR) is 78.0 cm³/mol. The van der Waals surface area contributed by atoms with Gasteiger partial charge in [-0.1, -0.05) is 40.5 Å². The molecule has 0 aromatic carbocycles. The summed E-state index contributed by atoms with van der Waals surface area (Å²) in [6, 6.07) is 0. The van der Waals surface area contributed by atoms with Crippen LogP contribution in [0.15, 0.2) is 0 Å². The van der Waals surface area contributed by atoms with E-state index >= 15 is 0 Å². The summed E-state index contributed by atoms with van der Waals surface area (Å²) < 4.78 is 30.6. The van der Waals surface area contributed by atoms with Gasteiger partial charge in [-0.15, -0.1) is 0 Å². The molecule has 2 unspecified atom stereocenters. The fraction of sp³-hybridized carbons (Fsp3) is 1.00. The Morgan fingerprint density at radius 1 is 0.762 bits per heavy atom. The molecule has 124 valence electrons. The molecule has 0 spiro atoms. The second kappa shape index (κ2) is 15.8. The average molecular weight is 396 g/mol. The number of hydrogen-bond donors (Lipinski definition) is 0. The third-order valence-corrected chi connectivity index (χ3v) is 5.05. The fourth-order valence-corrected chi connectivity index (χ4v) is 2.06. The molecule has 21 heavy (non-hydrogen) atoms. The Morgan fingerprint density at radius 3 is 1.24 bits per heavy atom. The molecule has 0 radical (unpaired) electrons. The van der Waals surface area contributed by atoms with Crippen molar-refractivity contribution in [2.45, 2.75) is 53.4 Å². The van der Waals surface area contributed by atoms with Crippen LogP contribution in [-0.4, -0.2) is 25.5 Å². The number of rotatable bonds is 10. The summed E-state index contributed by atoms with van der Waals surface area (Å²) in [4.78, 5) is 21.4. The molecule has 2 atom stereocenters. The topological polar surface area (TPSA) is 98.7 Å². The van der Waals surface area contributed by atoms with E-state index in [1.807, 2.05) is 13.8 Å². The normalized spacial score (nSPS) is 15.9. The van der Waals surface area contributed by atoms with E-state index in [1.54, 1.807) is 13.8 Å². The molecule has 0 aliphatic carbocycles. The second-order valence-electron chi connectivity index (χ2n) is 4.23. The first kappa shape index (κ1) is 26.8. The van der Waals surface area contributed by atoms with Gasteiger partial charge in [0.15, 0.2) is 0 Å². The van der Waals surface area contributed by atoms with Crippen LogP contribution in [0.1, 0.15) is 53.4 Å². The van der Waals surface area contributed by atoms with E-state index in [4.69, 9.17) is 0 Å². The van der Waals surface area contributed by atoms with Crippen molar-refractivity contribution in [3.8, 4) is 0 Å². The minimum Gasteiger partial charge on any atom is -0.779 e. The van der Waals surface area contributed by atoms with Crippen molar-refractivity contribution >= 4 is 15.2 Å². The molecule has 0 aliphatic heterocycles. The van der Waals surface area contributed by atoms with Crippen LogP contribution in [0, 0.1) is 0 Å². The Labute approximate surface area is 141 Å². The van der Waals surface area contributed by atoms with Crippen LogP contribution >= 0.6 is 15.2 Å². The second-order valence-corrected chi connectivity index (χ2v) is 8.45. The summed E-state index contributed by atoms with van der Waals surface area (Å²) in [5.74, 6) is 0. The van der Waals surface area contributed by atoms with Gasteiger partial charge in [-0.05, 0) is 12.8 Å². The molecular weight excluding hydrogens is 367 g/mol. The molecule has 0 rings (SSSR count). The standard InChI is InChI=1S/2C6H15O3P.Zn/c2*1-3-5-6-9-10(7,8)4-2;/h2*3-6H2,1-2H3,(H,7,8);/q;;+2/p-2. The van der Waals surface area contributed by atoms with E-state index in [2.05, 4.69) is 9.05 Å². The van der Waals surface area contributed by atoms with E-state index in [0.29, 0.717) is 13.2 Å². The van der Waals surface area contributed by atoms with Gasteiger partial charge in [-0.25, -0.2) is 0 Å². The Morgan fingerprint density at radius 2 is 1.05 bits per heavy atom. The van der Waals surface area contributed by atoms with E-state index in [0.717, 1.165) is 25.7 Å². The quantitative estimate of drug-likeness (QED) is 0.320. The predicted octanol–water partition coefficient (Wildman–Crippen LogP) is 2.75. The molecule has 0 aromatic heterocycles. The third kappa shape index (κ3) is 20.9. The van der Waals surface area contributed by atoms with Crippen molar-refractivity contribution in [3.63, 3.8) is 0 Å². The zero-order valence-corrected chi connectivity index (χ0v) is 18.5. The first-order chi connectivity index (χ1) is 9.24. The van der Waals surface area contributed by atoms with Crippen molar-refractivity contribution in [2.24, 2.45) is 0 Å². The maximum atomic E-state index is 10.7. The van der Waals surface area contributed by atoms with E-state index in [1.165, 1.54) is 0 Å². The molecule has 0 saturated heterocycles. The summed E-state index contributed by atoms with van der Waals surface area (Å²) in [6.07, 6.45) is 3.74. The molecule has 6 nitrogen and oxygen atoms in total. The Bertz CT molecular complexity index is 284. The van der Waals surface area contributed by atoms with Gasteiger partial charge in [0, 0.05) is 12.3 Å². The maximum absolute atomic E-state index is 10.7.